The molecule has 0 radical (unpaired) electrons. The van der Waals surface area contributed by atoms with Crippen molar-refractivity contribution in [2.24, 2.45) is 0 Å². The maximum Gasteiger partial charge on any atom is 0.417 e. The Hall–Kier alpha value is -4.06. The molecule has 0 saturated heterocycles. The van der Waals surface area contributed by atoms with Crippen molar-refractivity contribution in [2.45, 2.75) is 43.8 Å². The van der Waals surface area contributed by atoms with Gasteiger partial charge >= 0.3 is 18.2 Å². The van der Waals surface area contributed by atoms with Crippen LogP contribution in [0.4, 0.5) is 18.0 Å². The number of aromatic nitrogens is 1. The molecule has 0 bridgehead atoms. The first-order valence-corrected chi connectivity index (χ1v) is 17.5. The average molecular weight is 700 g/mol. The van der Waals surface area contributed by atoms with Crippen molar-refractivity contribution in [1.82, 2.24) is 24.6 Å². The lowest BCUT2D eigenvalue weighted by atomic mass is 9.98. The van der Waals surface area contributed by atoms with Crippen LogP contribution in [0.1, 0.15) is 42.5 Å². The zero-order valence-corrected chi connectivity index (χ0v) is 27.3. The molecule has 0 saturated carbocycles. The van der Waals surface area contributed by atoms with Crippen molar-refractivity contribution < 1.29 is 44.7 Å². The summed E-state index contributed by atoms with van der Waals surface area (Å²) in [4.78, 5) is 25.8. The van der Waals surface area contributed by atoms with Crippen molar-refractivity contribution in [3.05, 3.63) is 83.7 Å². The SMILES string of the molecule is Cc1cnccc1-c1cccc([C@H](C)N(CCCCNC(=O)NCCS(=O)(=O)NCC(=O)O)S(=O)(=O)c2ccccc2C(F)(F)F)c1. The predicted molar refractivity (Wildman–Crippen MR) is 168 cm³/mol. The molecule has 3 aromatic rings. The number of carbonyl (C=O) groups excluding carboxylic acids is 1. The molecule has 2 amide bonds. The monoisotopic (exact) mass is 699 g/mol. The summed E-state index contributed by atoms with van der Waals surface area (Å²) >= 11 is 0. The second kappa shape index (κ2) is 16.2. The predicted octanol–water partition coefficient (Wildman–Crippen LogP) is 3.91. The molecule has 1 heterocycles. The minimum absolute atomic E-state index is 0.0497. The van der Waals surface area contributed by atoms with E-state index in [1.54, 1.807) is 37.5 Å². The Morgan fingerprint density at radius 1 is 0.979 bits per heavy atom. The third kappa shape index (κ3) is 10.7. The zero-order chi connectivity index (χ0) is 34.8. The maximum absolute atomic E-state index is 13.9. The lowest BCUT2D eigenvalue weighted by molar-refractivity contribution is -0.140. The number of hydrogen-bond donors (Lipinski definition) is 4. The van der Waals surface area contributed by atoms with Crippen LogP contribution in [-0.2, 0) is 31.0 Å². The van der Waals surface area contributed by atoms with Crippen LogP contribution in [-0.4, -0.2) is 75.2 Å². The summed E-state index contributed by atoms with van der Waals surface area (Å²) in [5.74, 6) is -1.92. The van der Waals surface area contributed by atoms with Crippen LogP contribution in [0.2, 0.25) is 0 Å². The lowest BCUT2D eigenvalue weighted by Gasteiger charge is -2.30. The summed E-state index contributed by atoms with van der Waals surface area (Å²) in [7, 11) is -8.60. The standard InChI is InChI=1S/C30H36F3N5O7S2/c1-21-19-34-14-12-25(21)24-9-7-8-23(18-24)22(2)38(47(44,45)27-11-4-3-10-26(27)30(31,32)33)16-6-5-13-35-29(41)36-15-17-46(42,43)37-20-28(39)40/h3-4,7-12,14,18-19,22,37H,5-6,13,15-17,20H2,1-2H3,(H,39,40)(H2,35,36,41)/t22-/m0/s1. The molecular weight excluding hydrogens is 663 g/mol. The first-order valence-electron chi connectivity index (χ1n) is 14.4. The number of rotatable bonds is 16. The van der Waals surface area contributed by atoms with E-state index in [9.17, 15) is 39.6 Å². The third-order valence-corrected chi connectivity index (χ3v) is 10.5. The van der Waals surface area contributed by atoms with Gasteiger partial charge in [0.15, 0.2) is 0 Å². The molecule has 17 heteroatoms. The number of amides is 2. The summed E-state index contributed by atoms with van der Waals surface area (Å²) in [6, 6.07) is 11.3. The van der Waals surface area contributed by atoms with E-state index in [0.717, 1.165) is 39.2 Å². The first-order chi connectivity index (χ1) is 22.0. The largest absolute Gasteiger partial charge is 0.480 e. The quantitative estimate of drug-likeness (QED) is 0.163. The highest BCUT2D eigenvalue weighted by Crippen LogP contribution is 2.38. The van der Waals surface area contributed by atoms with E-state index in [2.05, 4.69) is 15.6 Å². The smallest absolute Gasteiger partial charge is 0.417 e. The Morgan fingerprint density at radius 2 is 1.68 bits per heavy atom. The van der Waals surface area contributed by atoms with Gasteiger partial charge in [-0.3, -0.25) is 9.78 Å². The van der Waals surface area contributed by atoms with Crippen LogP contribution < -0.4 is 15.4 Å². The number of carbonyl (C=O) groups is 2. The number of carboxylic acids is 1. The van der Waals surface area contributed by atoms with Gasteiger partial charge < -0.3 is 15.7 Å². The zero-order valence-electron chi connectivity index (χ0n) is 25.6. The molecule has 0 aliphatic heterocycles. The number of hydrogen-bond acceptors (Lipinski definition) is 7. The Kier molecular flexibility index (Phi) is 12.9. The molecule has 3 rings (SSSR count). The van der Waals surface area contributed by atoms with Gasteiger partial charge in [0, 0.05) is 38.1 Å². The van der Waals surface area contributed by atoms with Crippen molar-refractivity contribution in [3.63, 3.8) is 0 Å². The van der Waals surface area contributed by atoms with Crippen LogP contribution >= 0.6 is 0 Å². The summed E-state index contributed by atoms with van der Waals surface area (Å²) in [6.07, 6.45) is -1.21. The molecule has 0 unspecified atom stereocenters. The first kappa shape index (κ1) is 37.4. The van der Waals surface area contributed by atoms with Crippen LogP contribution in [0.3, 0.4) is 0 Å². The van der Waals surface area contributed by atoms with Gasteiger partial charge in [-0.05, 0) is 73.2 Å². The van der Waals surface area contributed by atoms with E-state index in [1.807, 2.05) is 23.8 Å². The normalized spacial score (nSPS) is 12.9. The Balaban J connectivity index is 1.75. The van der Waals surface area contributed by atoms with Crippen molar-refractivity contribution >= 4 is 32.0 Å². The number of halogens is 3. The van der Waals surface area contributed by atoms with Gasteiger partial charge in [-0.15, -0.1) is 0 Å². The highest BCUT2D eigenvalue weighted by atomic mass is 32.2. The van der Waals surface area contributed by atoms with E-state index in [0.29, 0.717) is 5.56 Å². The second-order valence-electron chi connectivity index (χ2n) is 10.5. The molecule has 4 N–H and O–H groups in total. The van der Waals surface area contributed by atoms with E-state index in [-0.39, 0.29) is 32.5 Å². The van der Waals surface area contributed by atoms with Gasteiger partial charge in [0.05, 0.1) is 16.2 Å². The Morgan fingerprint density at radius 3 is 2.36 bits per heavy atom. The fourth-order valence-corrected chi connectivity index (χ4v) is 7.43. The highest BCUT2D eigenvalue weighted by Gasteiger charge is 2.40. The topological polar surface area (TPSA) is 175 Å². The molecule has 1 aromatic heterocycles. The van der Waals surface area contributed by atoms with Crippen molar-refractivity contribution in [1.29, 1.82) is 0 Å². The van der Waals surface area contributed by atoms with Crippen molar-refractivity contribution in [2.75, 3.05) is 31.9 Å². The number of benzene rings is 2. The Labute approximate surface area is 271 Å². The molecule has 12 nitrogen and oxygen atoms in total. The number of aliphatic carboxylic acids is 1. The lowest BCUT2D eigenvalue weighted by Crippen LogP contribution is -2.41. The van der Waals surface area contributed by atoms with Crippen LogP contribution in [0.25, 0.3) is 11.1 Å². The van der Waals surface area contributed by atoms with Crippen LogP contribution in [0, 0.1) is 6.92 Å². The van der Waals surface area contributed by atoms with Crippen LogP contribution in [0.15, 0.2) is 71.9 Å². The van der Waals surface area contributed by atoms with E-state index < -0.39 is 67.0 Å². The second-order valence-corrected chi connectivity index (χ2v) is 14.3. The van der Waals surface area contributed by atoms with Gasteiger partial charge in [-0.1, -0.05) is 30.3 Å². The number of carboxylic acid groups (broad SMARTS) is 1. The molecule has 0 aliphatic carbocycles. The molecule has 47 heavy (non-hydrogen) atoms. The van der Waals surface area contributed by atoms with E-state index in [4.69, 9.17) is 5.11 Å². The number of urea groups is 1. The van der Waals surface area contributed by atoms with Gasteiger partial charge in [0.1, 0.15) is 6.54 Å². The summed E-state index contributed by atoms with van der Waals surface area (Å²) in [6.45, 7) is 2.24. The summed E-state index contributed by atoms with van der Waals surface area (Å²) < 4.78 is 95.9. The maximum atomic E-state index is 13.9. The minimum Gasteiger partial charge on any atom is -0.480 e. The average Bonchev–Trinajstić information content (AvgIpc) is 3.01. The molecular formula is C30H36F3N5O7S2. The number of nitrogens with one attached hydrogen (secondary N) is 3. The van der Waals surface area contributed by atoms with Gasteiger partial charge in [0.25, 0.3) is 0 Å². The summed E-state index contributed by atoms with van der Waals surface area (Å²) in [5, 5.41) is 13.4. The summed E-state index contributed by atoms with van der Waals surface area (Å²) in [5.41, 5.74) is 1.80. The number of pyridine rings is 1. The molecule has 0 aliphatic rings. The number of alkyl halides is 3. The fourth-order valence-electron chi connectivity index (χ4n) is 4.70. The van der Waals surface area contributed by atoms with E-state index in [1.165, 1.54) is 6.07 Å². The molecule has 256 valence electrons. The number of nitrogens with zero attached hydrogens (tertiary/aromatic N) is 2. The Bertz CT molecular complexity index is 1770. The van der Waals surface area contributed by atoms with E-state index >= 15 is 0 Å². The number of sulfonamides is 2. The molecule has 0 fully saturated rings. The highest BCUT2D eigenvalue weighted by molar-refractivity contribution is 7.89. The third-order valence-electron chi connectivity index (χ3n) is 7.10. The van der Waals surface area contributed by atoms with Gasteiger partial charge in [-0.25, -0.2) is 26.4 Å². The molecule has 0 spiro atoms. The van der Waals surface area contributed by atoms with Gasteiger partial charge in [-0.2, -0.15) is 17.5 Å². The molecule has 2 aromatic carbocycles. The number of aryl methyl sites for hydroxylation is 1. The fraction of sp³-hybridized carbons (Fsp3) is 0.367. The molecule has 1 atom stereocenters. The van der Waals surface area contributed by atoms with Crippen LogP contribution in [0.5, 0.6) is 0 Å². The minimum atomic E-state index is -4.92. The van der Waals surface area contributed by atoms with Gasteiger partial charge in [0.2, 0.25) is 20.0 Å². The number of unbranched alkanes of at least 4 members (excludes halogenated alkanes) is 1. The van der Waals surface area contributed by atoms with Crippen molar-refractivity contribution in [3.8, 4) is 11.1 Å².